The fourth-order valence-electron chi connectivity index (χ4n) is 2.59. The number of carbonyl (C=O) groups is 1. The van der Waals surface area contributed by atoms with E-state index in [-0.39, 0.29) is 17.2 Å². The Kier molecular flexibility index (Phi) is 5.42. The van der Waals surface area contributed by atoms with Gasteiger partial charge in [0.2, 0.25) is 5.91 Å². The maximum absolute atomic E-state index is 12.2. The lowest BCUT2D eigenvalue weighted by Gasteiger charge is -2.24. The van der Waals surface area contributed by atoms with Crippen molar-refractivity contribution < 1.29 is 4.79 Å². The Morgan fingerprint density at radius 3 is 2.23 bits per heavy atom. The molecule has 6 heteroatoms. The van der Waals surface area contributed by atoms with Crippen LogP contribution in [0.5, 0.6) is 0 Å². The summed E-state index contributed by atoms with van der Waals surface area (Å²) in [6.45, 7) is 6.32. The topological polar surface area (TPSA) is 59.8 Å². The van der Waals surface area contributed by atoms with Gasteiger partial charge in [-0.3, -0.25) is 9.36 Å². The van der Waals surface area contributed by atoms with Gasteiger partial charge in [0, 0.05) is 16.8 Å². The van der Waals surface area contributed by atoms with Gasteiger partial charge in [-0.2, -0.15) is 0 Å². The quantitative estimate of drug-likeness (QED) is 0.679. The summed E-state index contributed by atoms with van der Waals surface area (Å²) in [5, 5.41) is 12.3. The second-order valence-electron chi connectivity index (χ2n) is 6.88. The van der Waals surface area contributed by atoms with Gasteiger partial charge in [-0.25, -0.2) is 0 Å². The van der Waals surface area contributed by atoms with Gasteiger partial charge in [-0.05, 0) is 32.9 Å². The van der Waals surface area contributed by atoms with E-state index in [1.807, 2.05) is 60.7 Å². The van der Waals surface area contributed by atoms with Crippen LogP contribution < -0.4 is 5.32 Å². The summed E-state index contributed by atoms with van der Waals surface area (Å²) < 4.78 is 2.09. The molecule has 0 fully saturated rings. The van der Waals surface area contributed by atoms with Crippen LogP contribution in [0.3, 0.4) is 0 Å². The lowest BCUT2D eigenvalue weighted by Crippen LogP contribution is -2.24. The fraction of sp³-hybridized carbons (Fsp3) is 0.250. The average Bonchev–Trinajstić information content (AvgIpc) is 3.06. The van der Waals surface area contributed by atoms with Crippen LogP contribution in [0.1, 0.15) is 20.8 Å². The molecule has 0 aliphatic carbocycles. The lowest BCUT2D eigenvalue weighted by molar-refractivity contribution is -0.113. The Balaban J connectivity index is 1.78. The number of thioether (sulfide) groups is 1. The molecule has 0 aliphatic heterocycles. The highest BCUT2D eigenvalue weighted by molar-refractivity contribution is 7.99. The molecule has 0 bridgehead atoms. The monoisotopic (exact) mass is 366 g/mol. The van der Waals surface area contributed by atoms with E-state index in [1.54, 1.807) is 0 Å². The van der Waals surface area contributed by atoms with E-state index in [0.29, 0.717) is 0 Å². The fourth-order valence-corrected chi connectivity index (χ4v) is 3.51. The summed E-state index contributed by atoms with van der Waals surface area (Å²) >= 11 is 1.39. The van der Waals surface area contributed by atoms with E-state index in [4.69, 9.17) is 0 Å². The standard InChI is InChI=1S/C20H22N4OS/c1-20(2,3)24-18(15-10-6-4-7-11-15)22-23-19(24)26-14-17(25)21-16-12-8-5-9-13-16/h4-13H,14H2,1-3H3,(H,21,25). The molecule has 3 aromatic rings. The molecule has 2 aromatic carbocycles. The van der Waals surface area contributed by atoms with Crippen LogP contribution in [0.2, 0.25) is 0 Å². The van der Waals surface area contributed by atoms with Gasteiger partial charge in [0.25, 0.3) is 0 Å². The molecular formula is C20H22N4OS. The van der Waals surface area contributed by atoms with Gasteiger partial charge < -0.3 is 5.32 Å². The number of nitrogens with zero attached hydrogens (tertiary/aromatic N) is 3. The smallest absolute Gasteiger partial charge is 0.234 e. The van der Waals surface area contributed by atoms with E-state index >= 15 is 0 Å². The molecule has 1 amide bonds. The Hall–Kier alpha value is -2.60. The first-order valence-electron chi connectivity index (χ1n) is 8.44. The van der Waals surface area contributed by atoms with Crippen molar-refractivity contribution in [1.29, 1.82) is 0 Å². The van der Waals surface area contributed by atoms with Crippen molar-refractivity contribution in [2.75, 3.05) is 11.1 Å². The van der Waals surface area contributed by atoms with E-state index in [0.717, 1.165) is 22.2 Å². The Morgan fingerprint density at radius 1 is 1.00 bits per heavy atom. The van der Waals surface area contributed by atoms with E-state index in [1.165, 1.54) is 11.8 Å². The molecule has 0 atom stereocenters. The molecule has 0 spiro atoms. The molecule has 1 N–H and O–H groups in total. The van der Waals surface area contributed by atoms with Crippen molar-refractivity contribution >= 4 is 23.4 Å². The molecule has 5 nitrogen and oxygen atoms in total. The number of anilines is 1. The molecule has 0 saturated carbocycles. The van der Waals surface area contributed by atoms with Crippen molar-refractivity contribution in [2.45, 2.75) is 31.5 Å². The average molecular weight is 366 g/mol. The summed E-state index contributed by atoms with van der Waals surface area (Å²) in [6.07, 6.45) is 0. The molecule has 0 saturated heterocycles. The zero-order valence-corrected chi connectivity index (χ0v) is 16.0. The molecule has 0 unspecified atom stereocenters. The van der Waals surface area contributed by atoms with Crippen molar-refractivity contribution in [1.82, 2.24) is 14.8 Å². The number of amides is 1. The van der Waals surface area contributed by atoms with Gasteiger partial charge in [0.05, 0.1) is 5.75 Å². The van der Waals surface area contributed by atoms with Crippen molar-refractivity contribution in [3.8, 4) is 11.4 Å². The number of rotatable bonds is 5. The number of benzene rings is 2. The van der Waals surface area contributed by atoms with Crippen LogP contribution >= 0.6 is 11.8 Å². The Labute approximate surface area is 157 Å². The largest absolute Gasteiger partial charge is 0.325 e. The first-order chi connectivity index (χ1) is 12.4. The third kappa shape index (κ3) is 4.32. The molecule has 0 aliphatic rings. The number of nitrogens with one attached hydrogen (secondary N) is 1. The van der Waals surface area contributed by atoms with Gasteiger partial charge in [-0.1, -0.05) is 60.3 Å². The van der Waals surface area contributed by atoms with E-state index < -0.39 is 0 Å². The summed E-state index contributed by atoms with van der Waals surface area (Å²) in [6, 6.07) is 19.4. The molecule has 1 aromatic heterocycles. The Morgan fingerprint density at radius 2 is 1.62 bits per heavy atom. The van der Waals surface area contributed by atoms with Crippen LogP contribution in [0, 0.1) is 0 Å². The molecule has 1 heterocycles. The number of aromatic nitrogens is 3. The third-order valence-electron chi connectivity index (χ3n) is 3.73. The van der Waals surface area contributed by atoms with Crippen molar-refractivity contribution in [3.05, 3.63) is 60.7 Å². The second kappa shape index (κ2) is 7.74. The highest BCUT2D eigenvalue weighted by atomic mass is 32.2. The maximum Gasteiger partial charge on any atom is 0.234 e. The van der Waals surface area contributed by atoms with Gasteiger partial charge in [0.1, 0.15) is 0 Å². The van der Waals surface area contributed by atoms with Crippen molar-refractivity contribution in [3.63, 3.8) is 0 Å². The van der Waals surface area contributed by atoms with Crippen LogP contribution in [0.25, 0.3) is 11.4 Å². The number of carbonyl (C=O) groups excluding carboxylic acids is 1. The second-order valence-corrected chi connectivity index (χ2v) is 7.82. The summed E-state index contributed by atoms with van der Waals surface area (Å²) in [7, 11) is 0. The van der Waals surface area contributed by atoms with Gasteiger partial charge in [-0.15, -0.1) is 10.2 Å². The van der Waals surface area contributed by atoms with Crippen LogP contribution in [-0.4, -0.2) is 26.4 Å². The van der Waals surface area contributed by atoms with Crippen molar-refractivity contribution in [2.24, 2.45) is 0 Å². The predicted octanol–water partition coefficient (Wildman–Crippen LogP) is 4.43. The Bertz CT molecular complexity index is 870. The van der Waals surface area contributed by atoms with Gasteiger partial charge >= 0.3 is 0 Å². The maximum atomic E-state index is 12.2. The molecule has 3 rings (SSSR count). The zero-order valence-electron chi connectivity index (χ0n) is 15.1. The van der Waals surface area contributed by atoms with Gasteiger partial charge in [0.15, 0.2) is 11.0 Å². The summed E-state index contributed by atoms with van der Waals surface area (Å²) in [5.41, 5.74) is 1.60. The summed E-state index contributed by atoms with van der Waals surface area (Å²) in [4.78, 5) is 12.2. The number of hydrogen-bond donors (Lipinski definition) is 1. The van der Waals surface area contributed by atoms with E-state index in [9.17, 15) is 4.79 Å². The van der Waals surface area contributed by atoms with Crippen LogP contribution in [0.4, 0.5) is 5.69 Å². The predicted molar refractivity (Wildman–Crippen MR) is 106 cm³/mol. The van der Waals surface area contributed by atoms with E-state index in [2.05, 4.69) is 40.9 Å². The molecule has 0 radical (unpaired) electrons. The normalized spacial score (nSPS) is 11.3. The first kappa shape index (κ1) is 18.2. The number of hydrogen-bond acceptors (Lipinski definition) is 4. The summed E-state index contributed by atoms with van der Waals surface area (Å²) in [5.74, 6) is 1.02. The third-order valence-corrected chi connectivity index (χ3v) is 4.66. The van der Waals surface area contributed by atoms with Crippen LogP contribution in [0.15, 0.2) is 65.8 Å². The minimum atomic E-state index is -0.201. The molecule has 134 valence electrons. The minimum Gasteiger partial charge on any atom is -0.325 e. The highest BCUT2D eigenvalue weighted by Gasteiger charge is 2.24. The molecular weight excluding hydrogens is 344 g/mol. The minimum absolute atomic E-state index is 0.0640. The molecule has 26 heavy (non-hydrogen) atoms. The van der Waals surface area contributed by atoms with Crippen LogP contribution in [-0.2, 0) is 10.3 Å². The highest BCUT2D eigenvalue weighted by Crippen LogP contribution is 2.30. The number of para-hydroxylation sites is 1. The zero-order chi connectivity index (χ0) is 18.6. The first-order valence-corrected chi connectivity index (χ1v) is 9.43. The SMILES string of the molecule is CC(C)(C)n1c(SCC(=O)Nc2ccccc2)nnc1-c1ccccc1. The lowest BCUT2D eigenvalue weighted by atomic mass is 10.1.